The Hall–Kier alpha value is -3.35. The molecule has 0 unspecified atom stereocenters. The molecule has 0 radical (unpaired) electrons. The van der Waals surface area contributed by atoms with Crippen molar-refractivity contribution in [2.45, 2.75) is 35.4 Å². The Morgan fingerprint density at radius 1 is 0.821 bits per heavy atom. The van der Waals surface area contributed by atoms with Crippen LogP contribution in [0.15, 0.2) is 72.8 Å². The van der Waals surface area contributed by atoms with Gasteiger partial charge in [-0.05, 0) is 47.2 Å². The van der Waals surface area contributed by atoms with Crippen LogP contribution in [-0.2, 0) is 24.1 Å². The number of nitrogens with zero attached hydrogens (tertiary/aromatic N) is 1. The molecule has 2 bridgehead atoms. The number of ether oxygens (including phenoxy) is 1. The molecule has 1 saturated heterocycles. The van der Waals surface area contributed by atoms with Gasteiger partial charge in [0.25, 0.3) is 0 Å². The lowest BCUT2D eigenvalue weighted by Gasteiger charge is -2.54. The van der Waals surface area contributed by atoms with Crippen molar-refractivity contribution in [2.24, 2.45) is 11.8 Å². The molecule has 1 aliphatic heterocycles. The van der Waals surface area contributed by atoms with E-state index in [4.69, 9.17) is 27.9 Å². The van der Waals surface area contributed by atoms with Gasteiger partial charge in [0.1, 0.15) is 15.5 Å². The summed E-state index contributed by atoms with van der Waals surface area (Å²) in [4.78, 5) is 39.0. The third-order valence-electron chi connectivity index (χ3n) is 8.32. The fraction of sp³-hybridized carbons (Fsp3) is 0.323. The summed E-state index contributed by atoms with van der Waals surface area (Å²) in [5.74, 6) is -1.52. The monoisotopic (exact) mass is 562 g/mol. The van der Waals surface area contributed by atoms with Crippen molar-refractivity contribution in [3.63, 3.8) is 0 Å². The second-order valence-electron chi connectivity index (χ2n) is 10.4. The van der Waals surface area contributed by atoms with Crippen molar-refractivity contribution < 1.29 is 19.1 Å². The number of alkyl halides is 2. The van der Waals surface area contributed by atoms with E-state index in [2.05, 4.69) is 5.32 Å². The zero-order valence-electron chi connectivity index (χ0n) is 21.5. The number of benzene rings is 3. The van der Waals surface area contributed by atoms with E-state index in [0.717, 1.165) is 22.3 Å². The smallest absolute Gasteiger partial charge is 0.235 e. The molecule has 2 atom stereocenters. The lowest BCUT2D eigenvalue weighted by atomic mass is 9.54. The fourth-order valence-corrected chi connectivity index (χ4v) is 7.70. The van der Waals surface area contributed by atoms with Crippen molar-refractivity contribution in [3.8, 4) is 5.75 Å². The summed E-state index contributed by atoms with van der Waals surface area (Å²) < 4.78 is 5.19. The molecule has 1 heterocycles. The van der Waals surface area contributed by atoms with Crippen molar-refractivity contribution in [2.75, 3.05) is 19.0 Å². The van der Waals surface area contributed by atoms with Crippen LogP contribution < -0.4 is 10.1 Å². The van der Waals surface area contributed by atoms with E-state index in [1.54, 1.807) is 19.2 Å². The molecular weight excluding hydrogens is 535 g/mol. The van der Waals surface area contributed by atoms with Crippen molar-refractivity contribution in [1.82, 2.24) is 4.90 Å². The van der Waals surface area contributed by atoms with Crippen LogP contribution in [0.3, 0.4) is 0 Å². The van der Waals surface area contributed by atoms with Crippen LogP contribution in [0, 0.1) is 11.8 Å². The molecule has 6 nitrogen and oxygen atoms in total. The molecule has 1 N–H and O–H groups in total. The Kier molecular flexibility index (Phi) is 6.43. The molecule has 7 rings (SSSR count). The van der Waals surface area contributed by atoms with E-state index in [9.17, 15) is 14.4 Å². The summed E-state index contributed by atoms with van der Waals surface area (Å²) in [6.07, 6.45) is 2.25. The molecule has 0 aromatic heterocycles. The van der Waals surface area contributed by atoms with Gasteiger partial charge in [0.15, 0.2) is 0 Å². The molecular formula is C31H28Cl2N2O4. The van der Waals surface area contributed by atoms with Crippen LogP contribution in [0.4, 0.5) is 5.69 Å². The minimum atomic E-state index is -1.16. The molecule has 3 aliphatic carbocycles. The first-order valence-corrected chi connectivity index (χ1v) is 13.9. The number of carbonyl (C=O) groups excluding carboxylic acids is 3. The number of anilines is 1. The van der Waals surface area contributed by atoms with Gasteiger partial charge >= 0.3 is 0 Å². The number of hydrogen-bond acceptors (Lipinski definition) is 4. The number of methoxy groups -OCH3 is 1. The summed E-state index contributed by atoms with van der Waals surface area (Å²) in [7, 11) is 1.58. The maximum atomic E-state index is 13.8. The maximum absolute atomic E-state index is 13.8. The van der Waals surface area contributed by atoms with Crippen LogP contribution >= 0.6 is 23.2 Å². The van der Waals surface area contributed by atoms with Crippen molar-refractivity contribution in [1.29, 1.82) is 0 Å². The van der Waals surface area contributed by atoms with Crippen LogP contribution in [0.2, 0.25) is 0 Å². The van der Waals surface area contributed by atoms with E-state index < -0.39 is 21.6 Å². The fourth-order valence-electron chi connectivity index (χ4n) is 6.60. The summed E-state index contributed by atoms with van der Waals surface area (Å²) in [5, 5.41) is 2.87. The predicted molar refractivity (Wildman–Crippen MR) is 150 cm³/mol. The maximum Gasteiger partial charge on any atom is 0.235 e. The third-order valence-corrected chi connectivity index (χ3v) is 9.60. The third kappa shape index (κ3) is 3.80. The quantitative estimate of drug-likeness (QED) is 0.214. The number of hydrogen-bond donors (Lipinski definition) is 1. The van der Waals surface area contributed by atoms with Gasteiger partial charge in [0, 0.05) is 24.7 Å². The van der Waals surface area contributed by atoms with Gasteiger partial charge in [-0.1, -0.05) is 61.0 Å². The molecule has 39 heavy (non-hydrogen) atoms. The van der Waals surface area contributed by atoms with E-state index >= 15 is 0 Å². The second kappa shape index (κ2) is 9.68. The van der Waals surface area contributed by atoms with Crippen molar-refractivity contribution >= 4 is 46.6 Å². The number of amides is 3. The number of rotatable bonds is 8. The summed E-state index contributed by atoms with van der Waals surface area (Å²) >= 11 is 14.9. The number of likely N-dealkylation sites (tertiary alicyclic amines) is 1. The van der Waals surface area contributed by atoms with Gasteiger partial charge in [0.2, 0.25) is 17.7 Å². The Bertz CT molecular complexity index is 1370. The lowest BCUT2D eigenvalue weighted by Crippen LogP contribution is -2.57. The Morgan fingerprint density at radius 3 is 1.87 bits per heavy atom. The number of imide groups is 1. The molecule has 0 saturated carbocycles. The zero-order chi connectivity index (χ0) is 27.4. The van der Waals surface area contributed by atoms with Gasteiger partial charge in [-0.25, -0.2) is 0 Å². The molecule has 8 heteroatoms. The number of carbonyl (C=O) groups is 3. The van der Waals surface area contributed by atoms with Crippen LogP contribution in [0.5, 0.6) is 5.75 Å². The molecule has 4 aliphatic rings. The van der Waals surface area contributed by atoms with E-state index in [1.807, 2.05) is 60.7 Å². The largest absolute Gasteiger partial charge is 0.497 e. The van der Waals surface area contributed by atoms with Crippen molar-refractivity contribution in [3.05, 3.63) is 95.1 Å². The average molecular weight is 563 g/mol. The highest BCUT2D eigenvalue weighted by Crippen LogP contribution is 2.69. The zero-order valence-corrected chi connectivity index (χ0v) is 23.0. The number of nitrogens with one attached hydrogen (secondary N) is 1. The van der Waals surface area contributed by atoms with Gasteiger partial charge in [-0.2, -0.15) is 0 Å². The van der Waals surface area contributed by atoms with Crippen LogP contribution in [-0.4, -0.2) is 36.3 Å². The predicted octanol–water partition coefficient (Wildman–Crippen LogP) is 5.79. The SMILES string of the molecule is COc1cccc(NC(=O)CCCCCN2C(=O)[C@@H]3[C@H](C2=O)C2(Cl)c4ccccc4C3(Cl)c3ccccc32)c1. The Balaban J connectivity index is 1.15. The lowest BCUT2D eigenvalue weighted by molar-refractivity contribution is -0.140. The molecule has 1 fully saturated rings. The van der Waals surface area contributed by atoms with Crippen LogP contribution in [0.25, 0.3) is 0 Å². The van der Waals surface area contributed by atoms with Gasteiger partial charge in [-0.15, -0.1) is 23.2 Å². The standard InChI is InChI=1S/C31H28Cl2N2O4/c1-39-20-11-9-10-19(18-20)34-25(36)16-3-2-8-17-35-28(37)26-27(29(35)38)31(33)22-13-5-4-12-21(22)30(26,32)23-14-6-7-15-24(23)31/h4-7,9-15,18,26-27H,2-3,8,16-17H2,1H3,(H,34,36)/t26-,27+,30?,31?. The topological polar surface area (TPSA) is 75.7 Å². The molecule has 3 amide bonds. The second-order valence-corrected chi connectivity index (χ2v) is 11.6. The molecule has 3 aromatic carbocycles. The normalized spacial score (nSPS) is 26.2. The van der Waals surface area contributed by atoms with E-state index in [1.165, 1.54) is 4.90 Å². The van der Waals surface area contributed by atoms with Gasteiger partial charge in [-0.3, -0.25) is 19.3 Å². The highest BCUT2D eigenvalue weighted by molar-refractivity contribution is 6.36. The molecule has 3 aromatic rings. The van der Waals surface area contributed by atoms with Crippen LogP contribution in [0.1, 0.15) is 47.9 Å². The first kappa shape index (κ1) is 25.9. The van der Waals surface area contributed by atoms with E-state index in [-0.39, 0.29) is 24.3 Å². The minimum absolute atomic E-state index is 0.0946. The Morgan fingerprint density at radius 2 is 1.36 bits per heavy atom. The Labute approximate surface area is 237 Å². The molecule has 0 spiro atoms. The first-order chi connectivity index (χ1) is 18.8. The number of halogens is 2. The highest BCUT2D eigenvalue weighted by atomic mass is 35.5. The highest BCUT2D eigenvalue weighted by Gasteiger charge is 2.72. The summed E-state index contributed by atoms with van der Waals surface area (Å²) in [5.41, 5.74) is 3.87. The first-order valence-electron chi connectivity index (χ1n) is 13.2. The molecule has 200 valence electrons. The minimum Gasteiger partial charge on any atom is -0.497 e. The average Bonchev–Trinajstić information content (AvgIpc) is 3.22. The van der Waals surface area contributed by atoms with Gasteiger partial charge in [0.05, 0.1) is 18.9 Å². The van der Waals surface area contributed by atoms with E-state index in [0.29, 0.717) is 37.1 Å². The summed E-state index contributed by atoms with van der Waals surface area (Å²) in [6.45, 7) is 0.273. The summed E-state index contributed by atoms with van der Waals surface area (Å²) in [6, 6.07) is 22.5. The van der Waals surface area contributed by atoms with Gasteiger partial charge < -0.3 is 10.1 Å². The number of unbranched alkanes of at least 4 members (excludes halogenated alkanes) is 2.